The molecular weight excluding hydrogens is 368 g/mol. The number of amides is 2. The molecule has 0 saturated carbocycles. The number of hydrogen-bond donors (Lipinski definition) is 1. The van der Waals surface area contributed by atoms with Gasteiger partial charge in [0.15, 0.2) is 0 Å². The fourth-order valence-electron chi connectivity index (χ4n) is 3.57. The molecule has 0 atom stereocenters. The molecule has 0 aliphatic carbocycles. The molecule has 3 rings (SSSR count). The van der Waals surface area contributed by atoms with Gasteiger partial charge in [-0.25, -0.2) is 4.79 Å². The molecule has 6 nitrogen and oxygen atoms in total. The van der Waals surface area contributed by atoms with E-state index in [1.807, 2.05) is 13.0 Å². The number of hydrogen-bond acceptors (Lipinski definition) is 4. The van der Waals surface area contributed by atoms with E-state index >= 15 is 0 Å². The number of carbonyl (C=O) groups is 2. The zero-order valence-corrected chi connectivity index (χ0v) is 17.5. The molecule has 1 aliphatic rings. The standard InChI is InChI=1S/C23H28N2O4/c1-14(2)7-10-18-12-16(4)21(23(28)29-18)22(27)24-17-9-8-15(3)19(13-17)25-11-5-6-20(25)26/h8-9,12-14H,5-7,10-11H2,1-4H3,(H,24,27). The Balaban J connectivity index is 1.82. The summed E-state index contributed by atoms with van der Waals surface area (Å²) in [6.45, 7) is 8.57. The summed E-state index contributed by atoms with van der Waals surface area (Å²) in [6, 6.07) is 7.18. The fourth-order valence-corrected chi connectivity index (χ4v) is 3.57. The van der Waals surface area contributed by atoms with E-state index in [9.17, 15) is 14.4 Å². The highest BCUT2D eigenvalue weighted by Gasteiger charge is 2.24. The Morgan fingerprint density at radius 2 is 1.93 bits per heavy atom. The number of rotatable bonds is 6. The first kappa shape index (κ1) is 20.8. The second kappa shape index (κ2) is 8.64. The van der Waals surface area contributed by atoms with Gasteiger partial charge < -0.3 is 14.6 Å². The lowest BCUT2D eigenvalue weighted by Crippen LogP contribution is -2.25. The van der Waals surface area contributed by atoms with Crippen molar-refractivity contribution >= 4 is 23.2 Å². The van der Waals surface area contributed by atoms with Crippen LogP contribution in [-0.4, -0.2) is 18.4 Å². The van der Waals surface area contributed by atoms with Crippen LogP contribution in [0.2, 0.25) is 0 Å². The van der Waals surface area contributed by atoms with Gasteiger partial charge in [-0.15, -0.1) is 0 Å². The Morgan fingerprint density at radius 1 is 1.17 bits per heavy atom. The Morgan fingerprint density at radius 3 is 2.55 bits per heavy atom. The van der Waals surface area contributed by atoms with Gasteiger partial charge in [-0.05, 0) is 61.9 Å². The maximum atomic E-state index is 12.8. The summed E-state index contributed by atoms with van der Waals surface area (Å²) in [5.74, 6) is 0.684. The Kier molecular flexibility index (Phi) is 6.20. The molecule has 29 heavy (non-hydrogen) atoms. The van der Waals surface area contributed by atoms with Crippen molar-refractivity contribution in [3.8, 4) is 0 Å². The fraction of sp³-hybridized carbons (Fsp3) is 0.435. The monoisotopic (exact) mass is 396 g/mol. The van der Waals surface area contributed by atoms with Crippen LogP contribution in [0.1, 0.15) is 60.4 Å². The lowest BCUT2D eigenvalue weighted by atomic mass is 10.0. The maximum Gasteiger partial charge on any atom is 0.349 e. The first-order valence-corrected chi connectivity index (χ1v) is 10.1. The highest BCUT2D eigenvalue weighted by molar-refractivity contribution is 6.05. The summed E-state index contributed by atoms with van der Waals surface area (Å²) in [7, 11) is 0. The highest BCUT2D eigenvalue weighted by Crippen LogP contribution is 2.28. The van der Waals surface area contributed by atoms with Crippen molar-refractivity contribution in [2.45, 2.75) is 53.4 Å². The number of benzene rings is 1. The molecular formula is C23H28N2O4. The van der Waals surface area contributed by atoms with Crippen LogP contribution in [0.4, 0.5) is 11.4 Å². The van der Waals surface area contributed by atoms with Gasteiger partial charge in [0, 0.05) is 30.8 Å². The normalized spacial score (nSPS) is 14.0. The Labute approximate surface area is 170 Å². The van der Waals surface area contributed by atoms with E-state index in [-0.39, 0.29) is 11.5 Å². The van der Waals surface area contributed by atoms with Crippen molar-refractivity contribution in [3.63, 3.8) is 0 Å². The molecule has 1 aliphatic heterocycles. The third kappa shape index (κ3) is 4.75. The van der Waals surface area contributed by atoms with Crippen LogP contribution in [0.3, 0.4) is 0 Å². The van der Waals surface area contributed by atoms with Crippen molar-refractivity contribution in [3.05, 3.63) is 57.1 Å². The molecule has 0 radical (unpaired) electrons. The third-order valence-electron chi connectivity index (χ3n) is 5.23. The molecule has 2 amide bonds. The van der Waals surface area contributed by atoms with Crippen LogP contribution in [0.15, 0.2) is 33.5 Å². The Bertz CT molecular complexity index is 991. The average molecular weight is 396 g/mol. The smallest absolute Gasteiger partial charge is 0.349 e. The van der Waals surface area contributed by atoms with Crippen molar-refractivity contribution in [1.82, 2.24) is 0 Å². The van der Waals surface area contributed by atoms with Crippen LogP contribution in [-0.2, 0) is 11.2 Å². The number of aryl methyl sites for hydroxylation is 3. The van der Waals surface area contributed by atoms with Crippen LogP contribution in [0.5, 0.6) is 0 Å². The maximum absolute atomic E-state index is 12.8. The predicted octanol–water partition coefficient (Wildman–Crippen LogP) is 4.22. The van der Waals surface area contributed by atoms with Crippen molar-refractivity contribution in [1.29, 1.82) is 0 Å². The van der Waals surface area contributed by atoms with Crippen LogP contribution in [0.25, 0.3) is 0 Å². The quantitative estimate of drug-likeness (QED) is 0.793. The van der Waals surface area contributed by atoms with Crippen molar-refractivity contribution < 1.29 is 14.0 Å². The number of anilines is 2. The molecule has 1 fully saturated rings. The second-order valence-corrected chi connectivity index (χ2v) is 8.10. The van der Waals surface area contributed by atoms with E-state index in [2.05, 4.69) is 19.2 Å². The number of nitrogens with zero attached hydrogens (tertiary/aromatic N) is 1. The van der Waals surface area contributed by atoms with Crippen LogP contribution < -0.4 is 15.8 Å². The predicted molar refractivity (Wildman–Crippen MR) is 114 cm³/mol. The zero-order chi connectivity index (χ0) is 21.1. The van der Waals surface area contributed by atoms with Crippen LogP contribution >= 0.6 is 0 Å². The minimum atomic E-state index is -0.622. The zero-order valence-electron chi connectivity index (χ0n) is 17.5. The minimum absolute atomic E-state index is 0.0117. The minimum Gasteiger partial charge on any atom is -0.427 e. The van der Waals surface area contributed by atoms with Crippen molar-refractivity contribution in [2.75, 3.05) is 16.8 Å². The molecule has 1 N–H and O–H groups in total. The van der Waals surface area contributed by atoms with Gasteiger partial charge in [0.25, 0.3) is 5.91 Å². The molecule has 1 saturated heterocycles. The van der Waals surface area contributed by atoms with Gasteiger partial charge in [-0.1, -0.05) is 19.9 Å². The van der Waals surface area contributed by atoms with Gasteiger partial charge >= 0.3 is 5.63 Å². The van der Waals surface area contributed by atoms with Crippen LogP contribution in [0, 0.1) is 19.8 Å². The number of carbonyl (C=O) groups excluding carboxylic acids is 2. The summed E-state index contributed by atoms with van der Waals surface area (Å²) in [5, 5.41) is 2.78. The Hall–Kier alpha value is -2.89. The van der Waals surface area contributed by atoms with E-state index in [4.69, 9.17) is 4.42 Å². The molecule has 0 spiro atoms. The lowest BCUT2D eigenvalue weighted by molar-refractivity contribution is -0.117. The molecule has 1 aromatic heterocycles. The van der Waals surface area contributed by atoms with Gasteiger partial charge in [0.1, 0.15) is 11.3 Å². The highest BCUT2D eigenvalue weighted by atomic mass is 16.4. The second-order valence-electron chi connectivity index (χ2n) is 8.10. The van der Waals surface area contributed by atoms with Gasteiger partial charge in [-0.2, -0.15) is 0 Å². The third-order valence-corrected chi connectivity index (χ3v) is 5.23. The summed E-state index contributed by atoms with van der Waals surface area (Å²) >= 11 is 0. The summed E-state index contributed by atoms with van der Waals surface area (Å²) < 4.78 is 5.37. The molecule has 154 valence electrons. The summed E-state index contributed by atoms with van der Waals surface area (Å²) in [5.41, 5.74) is 2.28. The van der Waals surface area contributed by atoms with E-state index in [1.165, 1.54) is 0 Å². The topological polar surface area (TPSA) is 79.6 Å². The summed E-state index contributed by atoms with van der Waals surface area (Å²) in [6.07, 6.45) is 2.95. The molecule has 2 aromatic rings. The molecule has 0 unspecified atom stereocenters. The van der Waals surface area contributed by atoms with E-state index < -0.39 is 11.5 Å². The average Bonchev–Trinajstić information content (AvgIpc) is 3.07. The molecule has 2 heterocycles. The molecule has 6 heteroatoms. The first-order valence-electron chi connectivity index (χ1n) is 10.1. The van der Waals surface area contributed by atoms with E-state index in [0.29, 0.717) is 42.3 Å². The molecule has 1 aromatic carbocycles. The molecule has 0 bridgehead atoms. The van der Waals surface area contributed by atoms with E-state index in [1.54, 1.807) is 30.0 Å². The SMILES string of the molecule is Cc1ccc(NC(=O)c2c(C)cc(CCC(C)C)oc2=O)cc1N1CCCC1=O. The summed E-state index contributed by atoms with van der Waals surface area (Å²) in [4.78, 5) is 39.0. The lowest BCUT2D eigenvalue weighted by Gasteiger charge is -2.19. The van der Waals surface area contributed by atoms with Gasteiger partial charge in [0.2, 0.25) is 5.91 Å². The van der Waals surface area contributed by atoms with Crippen molar-refractivity contribution in [2.24, 2.45) is 5.92 Å². The number of nitrogens with one attached hydrogen (secondary N) is 1. The van der Waals surface area contributed by atoms with E-state index in [0.717, 1.165) is 24.1 Å². The van der Waals surface area contributed by atoms with Gasteiger partial charge in [0.05, 0.1) is 0 Å². The van der Waals surface area contributed by atoms with Gasteiger partial charge in [-0.3, -0.25) is 9.59 Å². The largest absolute Gasteiger partial charge is 0.427 e. The first-order chi connectivity index (χ1) is 13.8.